The molecule has 2 rings (SSSR count). The van der Waals surface area contributed by atoms with Crippen LogP contribution in [0, 0.1) is 0 Å². The molecule has 1 aromatic rings. The predicted molar refractivity (Wildman–Crippen MR) is 63.7 cm³/mol. The van der Waals surface area contributed by atoms with Gasteiger partial charge in [0.1, 0.15) is 5.75 Å². The summed E-state index contributed by atoms with van der Waals surface area (Å²) in [5, 5.41) is 9.42. The number of likely N-dealkylation sites (tertiary alicyclic amines) is 1. The molecule has 1 N–H and O–H groups in total. The lowest BCUT2D eigenvalue weighted by atomic mass is 10.2. The fraction of sp³-hybridized carbons (Fsp3) is 0.462. The van der Waals surface area contributed by atoms with E-state index in [2.05, 4.69) is 4.90 Å². The molecule has 0 bridgehead atoms. The van der Waals surface area contributed by atoms with Crippen LogP contribution in [0.4, 0.5) is 0 Å². The van der Waals surface area contributed by atoms with Gasteiger partial charge in [-0.15, -0.1) is 0 Å². The van der Waals surface area contributed by atoms with Gasteiger partial charge in [0.05, 0.1) is 6.10 Å². The monoisotopic (exact) mass is 235 g/mol. The summed E-state index contributed by atoms with van der Waals surface area (Å²) < 4.78 is 4.96. The Labute approximate surface area is 101 Å². The van der Waals surface area contributed by atoms with Crippen molar-refractivity contribution in [1.82, 2.24) is 4.90 Å². The largest absolute Gasteiger partial charge is 0.427 e. The first kappa shape index (κ1) is 12.1. The second kappa shape index (κ2) is 5.29. The van der Waals surface area contributed by atoms with Crippen molar-refractivity contribution in [1.29, 1.82) is 0 Å². The minimum Gasteiger partial charge on any atom is -0.427 e. The Morgan fingerprint density at radius 2 is 2.18 bits per heavy atom. The third kappa shape index (κ3) is 3.54. The van der Waals surface area contributed by atoms with Crippen molar-refractivity contribution in [2.24, 2.45) is 0 Å². The zero-order valence-corrected chi connectivity index (χ0v) is 9.93. The second-order valence-corrected chi connectivity index (χ2v) is 4.42. The van der Waals surface area contributed by atoms with Gasteiger partial charge in [-0.3, -0.25) is 9.69 Å². The molecule has 0 radical (unpaired) electrons. The van der Waals surface area contributed by atoms with Crippen molar-refractivity contribution in [2.45, 2.75) is 26.0 Å². The lowest BCUT2D eigenvalue weighted by molar-refractivity contribution is -0.131. The lowest BCUT2D eigenvalue weighted by Gasteiger charge is -2.14. The third-order valence-electron chi connectivity index (χ3n) is 2.84. The summed E-state index contributed by atoms with van der Waals surface area (Å²) in [7, 11) is 0. The smallest absolute Gasteiger partial charge is 0.308 e. The number of carbonyl (C=O) groups is 1. The SMILES string of the molecule is CC(=O)Oc1ccc(CN2CCC(O)C2)cc1. The topological polar surface area (TPSA) is 49.8 Å². The molecule has 4 nitrogen and oxygen atoms in total. The lowest BCUT2D eigenvalue weighted by Crippen LogP contribution is -2.21. The highest BCUT2D eigenvalue weighted by atomic mass is 16.5. The molecule has 0 spiro atoms. The number of benzene rings is 1. The number of esters is 1. The molecule has 1 saturated heterocycles. The quantitative estimate of drug-likeness (QED) is 0.631. The highest BCUT2D eigenvalue weighted by Crippen LogP contribution is 2.16. The first-order valence-corrected chi connectivity index (χ1v) is 5.81. The van der Waals surface area contributed by atoms with Crippen LogP contribution in [-0.4, -0.2) is 35.2 Å². The van der Waals surface area contributed by atoms with Gasteiger partial charge < -0.3 is 9.84 Å². The number of β-amino-alcohol motifs (C(OH)–C–C–N with tert-alkyl or cyclic N) is 1. The van der Waals surface area contributed by atoms with Crippen LogP contribution in [0.2, 0.25) is 0 Å². The second-order valence-electron chi connectivity index (χ2n) is 4.42. The van der Waals surface area contributed by atoms with Crippen LogP contribution in [0.1, 0.15) is 18.9 Å². The van der Waals surface area contributed by atoms with Crippen LogP contribution in [0.25, 0.3) is 0 Å². The van der Waals surface area contributed by atoms with E-state index < -0.39 is 0 Å². The van der Waals surface area contributed by atoms with Crippen LogP contribution in [0.3, 0.4) is 0 Å². The average Bonchev–Trinajstić information content (AvgIpc) is 2.66. The standard InChI is InChI=1S/C13H17NO3/c1-10(15)17-13-4-2-11(3-5-13)8-14-7-6-12(16)9-14/h2-5,12,16H,6-9H2,1H3. The number of nitrogens with zero attached hydrogens (tertiary/aromatic N) is 1. The maximum Gasteiger partial charge on any atom is 0.308 e. The summed E-state index contributed by atoms with van der Waals surface area (Å²) in [5.41, 5.74) is 1.16. The van der Waals surface area contributed by atoms with E-state index in [1.807, 2.05) is 12.1 Å². The van der Waals surface area contributed by atoms with E-state index in [1.165, 1.54) is 6.92 Å². The van der Waals surface area contributed by atoms with Gasteiger partial charge >= 0.3 is 5.97 Å². The molecule has 1 atom stereocenters. The molecule has 1 aromatic carbocycles. The average molecular weight is 235 g/mol. The van der Waals surface area contributed by atoms with Gasteiger partial charge in [0.25, 0.3) is 0 Å². The van der Waals surface area contributed by atoms with Crippen molar-refractivity contribution in [3.05, 3.63) is 29.8 Å². The maximum absolute atomic E-state index is 10.8. The molecule has 1 aliphatic heterocycles. The molecule has 0 saturated carbocycles. The van der Waals surface area contributed by atoms with Crippen LogP contribution in [-0.2, 0) is 11.3 Å². The van der Waals surface area contributed by atoms with Gasteiger partial charge in [-0.1, -0.05) is 12.1 Å². The van der Waals surface area contributed by atoms with E-state index in [4.69, 9.17) is 4.74 Å². The minimum absolute atomic E-state index is 0.185. The van der Waals surface area contributed by atoms with Gasteiger partial charge in [-0.2, -0.15) is 0 Å². The molecule has 0 aliphatic carbocycles. The van der Waals surface area contributed by atoms with Crippen LogP contribution in [0.15, 0.2) is 24.3 Å². The van der Waals surface area contributed by atoms with E-state index in [1.54, 1.807) is 12.1 Å². The van der Waals surface area contributed by atoms with E-state index in [-0.39, 0.29) is 12.1 Å². The molecular weight excluding hydrogens is 218 g/mol. The Morgan fingerprint density at radius 3 is 2.71 bits per heavy atom. The Kier molecular flexibility index (Phi) is 3.76. The first-order chi connectivity index (χ1) is 8.13. The van der Waals surface area contributed by atoms with Gasteiger partial charge in [-0.05, 0) is 24.1 Å². The van der Waals surface area contributed by atoms with Gasteiger partial charge in [0, 0.05) is 26.6 Å². The fourth-order valence-corrected chi connectivity index (χ4v) is 2.04. The summed E-state index contributed by atoms with van der Waals surface area (Å²) in [6, 6.07) is 7.48. The van der Waals surface area contributed by atoms with E-state index in [9.17, 15) is 9.90 Å². The zero-order chi connectivity index (χ0) is 12.3. The number of hydrogen-bond acceptors (Lipinski definition) is 4. The fourth-order valence-electron chi connectivity index (χ4n) is 2.04. The molecule has 1 fully saturated rings. The summed E-state index contributed by atoms with van der Waals surface area (Å²) in [4.78, 5) is 13.0. The number of ether oxygens (including phenoxy) is 1. The Hall–Kier alpha value is -1.39. The van der Waals surface area contributed by atoms with Crippen molar-refractivity contribution in [3.63, 3.8) is 0 Å². The van der Waals surface area contributed by atoms with Crippen molar-refractivity contribution in [3.8, 4) is 5.75 Å². The van der Waals surface area contributed by atoms with Crippen LogP contribution < -0.4 is 4.74 Å². The third-order valence-corrected chi connectivity index (χ3v) is 2.84. The molecule has 0 aromatic heterocycles. The predicted octanol–water partition coefficient (Wildman–Crippen LogP) is 1.18. The number of carbonyl (C=O) groups excluding carboxylic acids is 1. The summed E-state index contributed by atoms with van der Waals surface area (Å²) in [6.07, 6.45) is 0.668. The molecular formula is C13H17NO3. The number of aliphatic hydroxyl groups is 1. The molecule has 1 heterocycles. The summed E-state index contributed by atoms with van der Waals surface area (Å²) in [5.74, 6) is 0.267. The van der Waals surface area contributed by atoms with Crippen molar-refractivity contribution < 1.29 is 14.6 Å². The molecule has 4 heteroatoms. The highest BCUT2D eigenvalue weighted by Gasteiger charge is 2.19. The Bertz CT molecular complexity index is 388. The zero-order valence-electron chi connectivity index (χ0n) is 9.93. The van der Waals surface area contributed by atoms with Gasteiger partial charge in [0.15, 0.2) is 0 Å². The Morgan fingerprint density at radius 1 is 1.47 bits per heavy atom. The van der Waals surface area contributed by atoms with Gasteiger partial charge in [0.2, 0.25) is 0 Å². The van der Waals surface area contributed by atoms with E-state index >= 15 is 0 Å². The first-order valence-electron chi connectivity index (χ1n) is 5.81. The minimum atomic E-state index is -0.305. The molecule has 0 amide bonds. The summed E-state index contributed by atoms with van der Waals surface area (Å²) >= 11 is 0. The maximum atomic E-state index is 10.8. The summed E-state index contributed by atoms with van der Waals surface area (Å²) in [6.45, 7) is 3.90. The Balaban J connectivity index is 1.91. The highest BCUT2D eigenvalue weighted by molar-refractivity contribution is 5.69. The van der Waals surface area contributed by atoms with Crippen LogP contribution >= 0.6 is 0 Å². The van der Waals surface area contributed by atoms with Gasteiger partial charge in [-0.25, -0.2) is 0 Å². The molecule has 92 valence electrons. The molecule has 1 unspecified atom stereocenters. The van der Waals surface area contributed by atoms with Crippen LogP contribution in [0.5, 0.6) is 5.75 Å². The van der Waals surface area contributed by atoms with E-state index in [0.717, 1.165) is 31.6 Å². The normalized spacial score (nSPS) is 20.5. The molecule has 17 heavy (non-hydrogen) atoms. The molecule has 1 aliphatic rings. The van der Waals surface area contributed by atoms with Crippen molar-refractivity contribution >= 4 is 5.97 Å². The van der Waals surface area contributed by atoms with Crippen molar-refractivity contribution in [2.75, 3.05) is 13.1 Å². The number of hydrogen-bond donors (Lipinski definition) is 1. The van der Waals surface area contributed by atoms with E-state index in [0.29, 0.717) is 5.75 Å². The number of rotatable bonds is 3. The number of aliphatic hydroxyl groups excluding tert-OH is 1.